The number of rotatable bonds is 2. The summed E-state index contributed by atoms with van der Waals surface area (Å²) in [6.07, 6.45) is 3.70. The highest BCUT2D eigenvalue weighted by atomic mass is 28.2. The lowest BCUT2D eigenvalue weighted by molar-refractivity contribution is 1.36. The maximum absolute atomic E-state index is 4.11. The van der Waals surface area contributed by atoms with Gasteiger partial charge in [0.2, 0.25) is 0 Å². The van der Waals surface area contributed by atoms with Crippen LogP contribution in [0.1, 0.15) is 6.92 Å². The molecular weight excluding hydrogens is 116 g/mol. The minimum Gasteiger partial charge on any atom is -0.353 e. The molecule has 0 unspecified atom stereocenters. The fraction of sp³-hybridized carbons (Fsp3) is 0.400. The first kappa shape index (κ1) is 5.56. The van der Waals surface area contributed by atoms with Crippen molar-refractivity contribution in [3.8, 4) is 0 Å². The number of hydrogen-bond acceptors (Lipinski definition) is 1. The van der Waals surface area contributed by atoms with Gasteiger partial charge in [-0.3, -0.25) is 0 Å². The third-order valence-corrected chi connectivity index (χ3v) is 2.40. The Kier molecular flexibility index (Phi) is 1.85. The van der Waals surface area contributed by atoms with Gasteiger partial charge in [-0.2, -0.15) is 0 Å². The predicted molar refractivity (Wildman–Crippen MR) is 37.2 cm³/mol. The molecule has 0 aliphatic rings. The maximum atomic E-state index is 4.11. The highest BCUT2D eigenvalue weighted by Crippen LogP contribution is 1.72. The van der Waals surface area contributed by atoms with Crippen molar-refractivity contribution in [2.45, 2.75) is 13.0 Å². The molecule has 1 rings (SSSR count). The molecule has 0 spiro atoms. The van der Waals surface area contributed by atoms with Gasteiger partial charge in [0, 0.05) is 12.4 Å². The van der Waals surface area contributed by atoms with Crippen LogP contribution < -0.4 is 5.45 Å². The third kappa shape index (κ3) is 1.20. The average molecular weight is 126 g/mol. The molecule has 3 heteroatoms. The Morgan fingerprint density at radius 3 is 3.25 bits per heavy atom. The van der Waals surface area contributed by atoms with Crippen LogP contribution in [0.15, 0.2) is 12.4 Å². The molecule has 0 saturated carbocycles. The molecule has 0 aliphatic heterocycles. The predicted octanol–water partition coefficient (Wildman–Crippen LogP) is -0.358. The summed E-state index contributed by atoms with van der Waals surface area (Å²) < 4.78 is 0. The Bertz CT molecular complexity index is 136. The van der Waals surface area contributed by atoms with Crippen molar-refractivity contribution in [1.82, 2.24) is 9.97 Å². The van der Waals surface area contributed by atoms with E-state index in [0.29, 0.717) is 0 Å². The van der Waals surface area contributed by atoms with Crippen LogP contribution in [0.2, 0.25) is 6.04 Å². The lowest BCUT2D eigenvalue weighted by Crippen LogP contribution is -2.16. The van der Waals surface area contributed by atoms with Crippen LogP contribution in [-0.4, -0.2) is 19.5 Å². The first-order valence-electron chi connectivity index (χ1n) is 2.91. The Labute approximate surface area is 51.2 Å². The van der Waals surface area contributed by atoms with Crippen molar-refractivity contribution in [3.63, 3.8) is 0 Å². The minimum absolute atomic E-state index is 0.0255. The molecule has 0 amide bonds. The molecular formula is C5H10N2Si. The molecule has 1 N–H and O–H groups in total. The molecule has 1 heterocycles. The van der Waals surface area contributed by atoms with Crippen molar-refractivity contribution < 1.29 is 0 Å². The first-order chi connectivity index (χ1) is 3.93. The standard InChI is InChI=1S/C5H10N2Si/c1-2-8-5-6-3-4-7-5/h3-4H,2,8H2,1H3,(H,6,7). The zero-order valence-electron chi connectivity index (χ0n) is 5.02. The lowest BCUT2D eigenvalue weighted by atomic mass is 11.0. The van der Waals surface area contributed by atoms with Crippen molar-refractivity contribution in [2.75, 3.05) is 0 Å². The van der Waals surface area contributed by atoms with E-state index in [-0.39, 0.29) is 9.52 Å². The van der Waals surface area contributed by atoms with E-state index in [1.165, 1.54) is 11.5 Å². The minimum atomic E-state index is -0.0255. The van der Waals surface area contributed by atoms with Crippen LogP contribution in [0.4, 0.5) is 0 Å². The summed E-state index contributed by atoms with van der Waals surface area (Å²) in [5.41, 5.74) is 1.23. The van der Waals surface area contributed by atoms with E-state index in [1.54, 1.807) is 0 Å². The lowest BCUT2D eigenvalue weighted by Gasteiger charge is -1.84. The Morgan fingerprint density at radius 2 is 2.75 bits per heavy atom. The molecule has 0 fully saturated rings. The number of aromatic amines is 1. The van der Waals surface area contributed by atoms with Crippen molar-refractivity contribution in [1.29, 1.82) is 0 Å². The van der Waals surface area contributed by atoms with Gasteiger partial charge in [-0.1, -0.05) is 13.0 Å². The molecule has 0 atom stereocenters. The van der Waals surface area contributed by atoms with Crippen LogP contribution >= 0.6 is 0 Å². The fourth-order valence-corrected chi connectivity index (χ4v) is 1.64. The smallest absolute Gasteiger partial charge is 0.0997 e. The summed E-state index contributed by atoms with van der Waals surface area (Å²) in [6.45, 7) is 2.20. The number of nitrogens with one attached hydrogen (secondary N) is 1. The van der Waals surface area contributed by atoms with Crippen LogP contribution in [0, 0.1) is 0 Å². The summed E-state index contributed by atoms with van der Waals surface area (Å²) in [7, 11) is -0.0255. The first-order valence-corrected chi connectivity index (χ1v) is 4.62. The van der Waals surface area contributed by atoms with Crippen LogP contribution in [0.5, 0.6) is 0 Å². The molecule has 1 aromatic heterocycles. The molecule has 2 nitrogen and oxygen atoms in total. The number of H-pyrrole nitrogens is 1. The average Bonchev–Trinajstić information content (AvgIpc) is 2.19. The van der Waals surface area contributed by atoms with E-state index in [1.807, 2.05) is 12.4 Å². The topological polar surface area (TPSA) is 28.7 Å². The summed E-state index contributed by atoms with van der Waals surface area (Å²) in [6, 6.07) is 1.30. The van der Waals surface area contributed by atoms with E-state index >= 15 is 0 Å². The highest BCUT2D eigenvalue weighted by molar-refractivity contribution is 6.51. The zero-order chi connectivity index (χ0) is 5.82. The molecule has 0 aliphatic carbocycles. The molecule has 1 aromatic rings. The maximum Gasteiger partial charge on any atom is 0.0997 e. The van der Waals surface area contributed by atoms with E-state index in [0.717, 1.165) is 0 Å². The number of nitrogens with zero attached hydrogens (tertiary/aromatic N) is 1. The second-order valence-electron chi connectivity index (χ2n) is 1.79. The van der Waals surface area contributed by atoms with E-state index < -0.39 is 0 Å². The second kappa shape index (κ2) is 2.67. The van der Waals surface area contributed by atoms with Gasteiger partial charge < -0.3 is 4.98 Å². The SMILES string of the molecule is CC[SiH2]c1ncc[nH]1. The molecule has 0 saturated heterocycles. The largest absolute Gasteiger partial charge is 0.353 e. The summed E-state index contributed by atoms with van der Waals surface area (Å²) in [4.78, 5) is 7.20. The highest BCUT2D eigenvalue weighted by Gasteiger charge is 1.88. The number of hydrogen-bond donors (Lipinski definition) is 1. The van der Waals surface area contributed by atoms with Gasteiger partial charge in [0.1, 0.15) is 0 Å². The summed E-state index contributed by atoms with van der Waals surface area (Å²) in [5, 5.41) is 0. The van der Waals surface area contributed by atoms with Gasteiger partial charge in [-0.15, -0.1) is 0 Å². The normalized spacial score (nSPS) is 11.1. The van der Waals surface area contributed by atoms with Crippen LogP contribution in [0.3, 0.4) is 0 Å². The van der Waals surface area contributed by atoms with Crippen LogP contribution in [-0.2, 0) is 0 Å². The third-order valence-electron chi connectivity index (χ3n) is 1.04. The molecule has 0 aromatic carbocycles. The quantitative estimate of drug-likeness (QED) is 0.539. The molecule has 0 bridgehead atoms. The number of aromatic nitrogens is 2. The van der Waals surface area contributed by atoms with Gasteiger partial charge in [0.25, 0.3) is 0 Å². The van der Waals surface area contributed by atoms with Gasteiger partial charge >= 0.3 is 0 Å². The van der Waals surface area contributed by atoms with Gasteiger partial charge in [0.05, 0.1) is 15.0 Å². The molecule has 44 valence electrons. The Hall–Kier alpha value is -0.573. The van der Waals surface area contributed by atoms with E-state index in [2.05, 4.69) is 16.9 Å². The van der Waals surface area contributed by atoms with Crippen molar-refractivity contribution in [3.05, 3.63) is 12.4 Å². The van der Waals surface area contributed by atoms with Gasteiger partial charge in [-0.25, -0.2) is 4.98 Å². The van der Waals surface area contributed by atoms with E-state index in [9.17, 15) is 0 Å². The molecule has 8 heavy (non-hydrogen) atoms. The van der Waals surface area contributed by atoms with Crippen molar-refractivity contribution >= 4 is 15.0 Å². The van der Waals surface area contributed by atoms with Gasteiger partial charge in [-0.05, 0) is 0 Å². The Morgan fingerprint density at radius 1 is 1.88 bits per heavy atom. The Balaban J connectivity index is 2.50. The summed E-state index contributed by atoms with van der Waals surface area (Å²) in [5.74, 6) is 0. The van der Waals surface area contributed by atoms with Gasteiger partial charge in [0.15, 0.2) is 0 Å². The second-order valence-corrected chi connectivity index (χ2v) is 3.96. The fourth-order valence-electron chi connectivity index (χ4n) is 0.671. The summed E-state index contributed by atoms with van der Waals surface area (Å²) >= 11 is 0. The monoisotopic (exact) mass is 126 g/mol. The zero-order valence-corrected chi connectivity index (χ0v) is 6.43. The van der Waals surface area contributed by atoms with Crippen LogP contribution in [0.25, 0.3) is 0 Å². The molecule has 0 radical (unpaired) electrons. The van der Waals surface area contributed by atoms with E-state index in [4.69, 9.17) is 0 Å². The van der Waals surface area contributed by atoms with Crippen molar-refractivity contribution in [2.24, 2.45) is 0 Å². The number of imidazole rings is 1.